The molecule has 5 rings (SSSR count). The number of hydrogen-bond donors (Lipinski definition) is 0. The number of methoxy groups -OCH3 is 1. The smallest absolute Gasteiger partial charge is 0.231 e. The van der Waals surface area contributed by atoms with Crippen LogP contribution < -0.4 is 14.2 Å². The molecule has 7 heteroatoms. The van der Waals surface area contributed by atoms with Crippen molar-refractivity contribution in [2.75, 3.05) is 20.4 Å². The van der Waals surface area contributed by atoms with Crippen molar-refractivity contribution >= 4 is 35.1 Å². The summed E-state index contributed by atoms with van der Waals surface area (Å²) in [6, 6.07) is 15.2. The first-order valence-electron chi connectivity index (χ1n) is 11.0. The number of halogens is 2. The number of ketones is 1. The van der Waals surface area contributed by atoms with E-state index < -0.39 is 0 Å². The molecule has 34 heavy (non-hydrogen) atoms. The Balaban J connectivity index is 1.33. The molecule has 2 aliphatic heterocycles. The number of carbonyl (C=O) groups is 1. The third kappa shape index (κ3) is 4.39. The van der Waals surface area contributed by atoms with Crippen LogP contribution >= 0.6 is 23.2 Å². The summed E-state index contributed by atoms with van der Waals surface area (Å²) < 4.78 is 17.3. The van der Waals surface area contributed by atoms with Crippen molar-refractivity contribution in [2.45, 2.75) is 19.9 Å². The molecule has 174 valence electrons. The maximum Gasteiger partial charge on any atom is 0.231 e. The first kappa shape index (κ1) is 22.8. The summed E-state index contributed by atoms with van der Waals surface area (Å²) in [5.41, 5.74) is 4.37. The monoisotopic (exact) mass is 495 g/mol. The maximum absolute atomic E-state index is 13.1. The molecule has 0 aromatic heterocycles. The largest absolute Gasteiger partial charge is 0.497 e. The van der Waals surface area contributed by atoms with Gasteiger partial charge in [0.1, 0.15) is 24.0 Å². The highest BCUT2D eigenvalue weighted by Gasteiger charge is 2.33. The lowest BCUT2D eigenvalue weighted by atomic mass is 10.00. The fourth-order valence-electron chi connectivity index (χ4n) is 4.27. The summed E-state index contributed by atoms with van der Waals surface area (Å²) in [6.07, 6.45) is 2.58. The zero-order valence-corrected chi connectivity index (χ0v) is 20.4. The van der Waals surface area contributed by atoms with Crippen molar-refractivity contribution in [3.63, 3.8) is 0 Å². The van der Waals surface area contributed by atoms with Crippen LogP contribution in [0, 0.1) is 6.92 Å². The molecule has 0 aliphatic carbocycles. The van der Waals surface area contributed by atoms with E-state index in [1.807, 2.05) is 25.1 Å². The Morgan fingerprint density at radius 2 is 1.85 bits per heavy atom. The molecule has 3 aromatic carbocycles. The van der Waals surface area contributed by atoms with Crippen LogP contribution in [0.5, 0.6) is 17.2 Å². The fraction of sp³-hybridized carbons (Fsp3) is 0.222. The molecule has 0 spiro atoms. The lowest BCUT2D eigenvalue weighted by Crippen LogP contribution is -2.34. The lowest BCUT2D eigenvalue weighted by molar-refractivity contribution is 0.0954. The standard InChI is InChI=1S/C27H23Cl2NO4/c1-16-26-19(14-30(15-33-26)10-9-17-3-6-20(32-2)7-4-17)13-21-25(31)24(34-27(16)21)12-18-5-8-22(28)23(29)11-18/h3-8,11-13H,9-10,14-15H2,1-2H3/b24-12-. The number of carbonyl (C=O) groups excluding carboxylic acids is 1. The van der Waals surface area contributed by atoms with Gasteiger partial charge in [-0.05, 0) is 60.9 Å². The quantitative estimate of drug-likeness (QED) is 0.387. The van der Waals surface area contributed by atoms with E-state index in [0.29, 0.717) is 34.6 Å². The van der Waals surface area contributed by atoms with Crippen LogP contribution in [0.15, 0.2) is 54.3 Å². The Labute approximate surface area is 208 Å². The number of ether oxygens (including phenoxy) is 3. The van der Waals surface area contributed by atoms with Gasteiger partial charge in [0.2, 0.25) is 5.78 Å². The predicted molar refractivity (Wildman–Crippen MR) is 133 cm³/mol. The van der Waals surface area contributed by atoms with Crippen LogP contribution in [0.25, 0.3) is 6.08 Å². The summed E-state index contributed by atoms with van der Waals surface area (Å²) in [4.78, 5) is 15.3. The molecule has 5 nitrogen and oxygen atoms in total. The Hall–Kier alpha value is -2.99. The summed E-state index contributed by atoms with van der Waals surface area (Å²) >= 11 is 12.1. The minimum absolute atomic E-state index is 0.151. The van der Waals surface area contributed by atoms with Crippen molar-refractivity contribution in [3.8, 4) is 17.2 Å². The average Bonchev–Trinajstić information content (AvgIpc) is 3.15. The molecule has 0 unspecified atom stereocenters. The number of Topliss-reactive ketones (excluding diaryl/α,β-unsaturated/α-hetero) is 1. The van der Waals surface area contributed by atoms with Crippen molar-refractivity contribution in [1.29, 1.82) is 0 Å². The van der Waals surface area contributed by atoms with Crippen molar-refractivity contribution < 1.29 is 19.0 Å². The lowest BCUT2D eigenvalue weighted by Gasteiger charge is -2.30. The first-order chi connectivity index (χ1) is 16.4. The molecule has 0 atom stereocenters. The molecular formula is C27H23Cl2NO4. The minimum Gasteiger partial charge on any atom is -0.497 e. The number of benzene rings is 3. The molecule has 0 N–H and O–H groups in total. The molecule has 0 fully saturated rings. The summed E-state index contributed by atoms with van der Waals surface area (Å²) in [5.74, 6) is 2.31. The van der Waals surface area contributed by atoms with Gasteiger partial charge in [0, 0.05) is 24.2 Å². The van der Waals surface area contributed by atoms with E-state index >= 15 is 0 Å². The van der Waals surface area contributed by atoms with Gasteiger partial charge in [0.25, 0.3) is 0 Å². The van der Waals surface area contributed by atoms with Gasteiger partial charge < -0.3 is 14.2 Å². The molecule has 0 saturated heterocycles. The normalized spacial score (nSPS) is 16.1. The predicted octanol–water partition coefficient (Wildman–Crippen LogP) is 6.32. The van der Waals surface area contributed by atoms with E-state index in [1.54, 1.807) is 31.4 Å². The molecule has 2 aliphatic rings. The Kier molecular flexibility index (Phi) is 6.26. The number of nitrogens with zero attached hydrogens (tertiary/aromatic N) is 1. The van der Waals surface area contributed by atoms with Gasteiger partial charge in [-0.1, -0.05) is 41.4 Å². The highest BCUT2D eigenvalue weighted by molar-refractivity contribution is 6.42. The number of fused-ring (bicyclic) bond motifs is 2. The highest BCUT2D eigenvalue weighted by atomic mass is 35.5. The van der Waals surface area contributed by atoms with E-state index in [0.717, 1.165) is 41.2 Å². The molecule has 2 heterocycles. The second-order valence-corrected chi connectivity index (χ2v) is 9.22. The third-order valence-electron chi connectivity index (χ3n) is 6.12. The minimum atomic E-state index is -0.151. The van der Waals surface area contributed by atoms with Gasteiger partial charge in [0.05, 0.1) is 22.7 Å². The number of hydrogen-bond acceptors (Lipinski definition) is 5. The van der Waals surface area contributed by atoms with Crippen LogP contribution in [0.4, 0.5) is 0 Å². The van der Waals surface area contributed by atoms with E-state index in [9.17, 15) is 4.79 Å². The van der Waals surface area contributed by atoms with Crippen molar-refractivity contribution in [1.82, 2.24) is 4.90 Å². The van der Waals surface area contributed by atoms with Gasteiger partial charge in [-0.15, -0.1) is 0 Å². The topological polar surface area (TPSA) is 48.0 Å². The Morgan fingerprint density at radius 3 is 2.59 bits per heavy atom. The highest BCUT2D eigenvalue weighted by Crippen LogP contribution is 2.43. The van der Waals surface area contributed by atoms with E-state index in [4.69, 9.17) is 37.4 Å². The van der Waals surface area contributed by atoms with Gasteiger partial charge in [-0.25, -0.2) is 0 Å². The number of rotatable bonds is 5. The van der Waals surface area contributed by atoms with Crippen LogP contribution in [0.1, 0.15) is 32.6 Å². The van der Waals surface area contributed by atoms with Crippen LogP contribution in [-0.4, -0.2) is 31.1 Å². The van der Waals surface area contributed by atoms with E-state index in [1.165, 1.54) is 5.56 Å². The third-order valence-corrected chi connectivity index (χ3v) is 6.86. The second-order valence-electron chi connectivity index (χ2n) is 8.40. The van der Waals surface area contributed by atoms with E-state index in [-0.39, 0.29) is 11.5 Å². The molecule has 3 aromatic rings. The van der Waals surface area contributed by atoms with Crippen molar-refractivity contribution in [3.05, 3.63) is 92.2 Å². The van der Waals surface area contributed by atoms with Gasteiger partial charge in [-0.2, -0.15) is 0 Å². The van der Waals surface area contributed by atoms with E-state index in [2.05, 4.69) is 17.0 Å². The number of allylic oxidation sites excluding steroid dienone is 1. The fourth-order valence-corrected chi connectivity index (χ4v) is 4.58. The second kappa shape index (κ2) is 9.34. The van der Waals surface area contributed by atoms with Crippen molar-refractivity contribution in [2.24, 2.45) is 0 Å². The summed E-state index contributed by atoms with van der Waals surface area (Å²) in [6.45, 7) is 3.97. The Morgan fingerprint density at radius 1 is 1.06 bits per heavy atom. The summed E-state index contributed by atoms with van der Waals surface area (Å²) in [7, 11) is 1.66. The van der Waals surface area contributed by atoms with Crippen LogP contribution in [-0.2, 0) is 13.0 Å². The zero-order valence-electron chi connectivity index (χ0n) is 18.9. The zero-order chi connectivity index (χ0) is 23.8. The molecule has 0 saturated carbocycles. The van der Waals surface area contributed by atoms with Gasteiger partial charge >= 0.3 is 0 Å². The van der Waals surface area contributed by atoms with Gasteiger partial charge in [-0.3, -0.25) is 9.69 Å². The maximum atomic E-state index is 13.1. The SMILES string of the molecule is COc1ccc(CCN2COc3c(cc4c(c3C)O/C(=C\c3ccc(Cl)c(Cl)c3)C4=O)C2)cc1. The van der Waals surface area contributed by atoms with Gasteiger partial charge in [0.15, 0.2) is 5.76 Å². The van der Waals surface area contributed by atoms with Crippen LogP contribution in [0.2, 0.25) is 10.0 Å². The molecule has 0 amide bonds. The molecule has 0 radical (unpaired) electrons. The average molecular weight is 496 g/mol. The van der Waals surface area contributed by atoms with Crippen LogP contribution in [0.3, 0.4) is 0 Å². The molecule has 0 bridgehead atoms. The molecular weight excluding hydrogens is 473 g/mol. The summed E-state index contributed by atoms with van der Waals surface area (Å²) in [5, 5.41) is 0.886. The first-order valence-corrected chi connectivity index (χ1v) is 11.7. The Bertz CT molecular complexity index is 1300.